The summed E-state index contributed by atoms with van der Waals surface area (Å²) in [4.78, 5) is 23.6. The van der Waals surface area contributed by atoms with Gasteiger partial charge in [0.1, 0.15) is 5.75 Å². The number of amides is 1. The summed E-state index contributed by atoms with van der Waals surface area (Å²) in [6.07, 6.45) is 1.18. The molecule has 0 saturated carbocycles. The van der Waals surface area contributed by atoms with Crippen LogP contribution in [0.4, 0.5) is 0 Å². The molecule has 5 heteroatoms. The smallest absolute Gasteiger partial charge is 0.305 e. The van der Waals surface area contributed by atoms with Crippen molar-refractivity contribution in [1.82, 2.24) is 5.32 Å². The minimum absolute atomic E-state index is 0.0784. The Balaban J connectivity index is 2.58. The van der Waals surface area contributed by atoms with E-state index in [4.69, 9.17) is 9.47 Å². The first-order valence-electron chi connectivity index (χ1n) is 7.45. The van der Waals surface area contributed by atoms with Crippen molar-refractivity contribution in [2.75, 3.05) is 20.8 Å². The van der Waals surface area contributed by atoms with Crippen molar-refractivity contribution < 1.29 is 19.1 Å². The number of hydrogen-bond acceptors (Lipinski definition) is 4. The molecule has 0 fully saturated rings. The largest absolute Gasteiger partial charge is 0.497 e. The summed E-state index contributed by atoms with van der Waals surface area (Å²) < 4.78 is 9.78. The predicted octanol–water partition coefficient (Wildman–Crippen LogP) is 2.65. The number of esters is 1. The number of hydrogen-bond donors (Lipinski definition) is 1. The van der Waals surface area contributed by atoms with Gasteiger partial charge in [-0.1, -0.05) is 13.8 Å². The van der Waals surface area contributed by atoms with Crippen molar-refractivity contribution in [2.45, 2.75) is 26.7 Å². The molecule has 0 unspecified atom stereocenters. The Kier molecular flexibility index (Phi) is 7.43. The number of ether oxygens (including phenoxy) is 2. The molecule has 0 saturated heterocycles. The Hall–Kier alpha value is -2.04. The van der Waals surface area contributed by atoms with Crippen LogP contribution in [0.15, 0.2) is 24.3 Å². The van der Waals surface area contributed by atoms with Crippen molar-refractivity contribution >= 4 is 11.9 Å². The van der Waals surface area contributed by atoms with Gasteiger partial charge in [0, 0.05) is 18.5 Å². The molecule has 5 nitrogen and oxygen atoms in total. The van der Waals surface area contributed by atoms with Crippen LogP contribution >= 0.6 is 0 Å². The summed E-state index contributed by atoms with van der Waals surface area (Å²) in [6.45, 7) is 4.64. The zero-order chi connectivity index (χ0) is 16.5. The highest BCUT2D eigenvalue weighted by Gasteiger charge is 2.17. The minimum Gasteiger partial charge on any atom is -0.497 e. The Labute approximate surface area is 132 Å². The first kappa shape index (κ1) is 18.0. The molecule has 0 aliphatic rings. The molecule has 1 atom stereocenters. The fraction of sp³-hybridized carbons (Fsp3) is 0.529. The van der Waals surface area contributed by atoms with E-state index in [-0.39, 0.29) is 17.8 Å². The van der Waals surface area contributed by atoms with Crippen LogP contribution in [-0.4, -0.2) is 32.6 Å². The van der Waals surface area contributed by atoms with Crippen LogP contribution < -0.4 is 10.1 Å². The summed E-state index contributed by atoms with van der Waals surface area (Å²) in [6, 6.07) is 6.92. The van der Waals surface area contributed by atoms with Gasteiger partial charge in [0.25, 0.3) is 5.91 Å². The van der Waals surface area contributed by atoms with Gasteiger partial charge in [-0.25, -0.2) is 0 Å². The molecule has 1 rings (SSSR count). The summed E-state index contributed by atoms with van der Waals surface area (Å²) in [7, 11) is 2.96. The zero-order valence-electron chi connectivity index (χ0n) is 13.7. The van der Waals surface area contributed by atoms with E-state index in [1.807, 2.05) is 0 Å². The molecule has 122 valence electrons. The van der Waals surface area contributed by atoms with Gasteiger partial charge >= 0.3 is 5.97 Å². The van der Waals surface area contributed by atoms with E-state index in [2.05, 4.69) is 19.2 Å². The highest BCUT2D eigenvalue weighted by atomic mass is 16.5. The topological polar surface area (TPSA) is 64.6 Å². The average molecular weight is 307 g/mol. The zero-order valence-corrected chi connectivity index (χ0v) is 13.7. The van der Waals surface area contributed by atoms with E-state index in [0.29, 0.717) is 30.2 Å². The standard InChI is InChI=1S/C17H25NO4/c1-12(2)9-13(10-16(19)22-4)11-18-17(20)14-5-7-15(21-3)8-6-14/h5-8,12-13H,9-11H2,1-4H3,(H,18,20)/t13-/m0/s1. The molecule has 1 aromatic rings. The lowest BCUT2D eigenvalue weighted by molar-refractivity contribution is -0.141. The third kappa shape index (κ3) is 6.16. The molecule has 0 heterocycles. The number of carbonyl (C=O) groups excluding carboxylic acids is 2. The summed E-state index contributed by atoms with van der Waals surface area (Å²) in [5.74, 6) is 0.840. The molecule has 1 amide bonds. The number of rotatable bonds is 8. The average Bonchev–Trinajstić information content (AvgIpc) is 2.51. The second kappa shape index (κ2) is 9.07. The molecule has 0 aliphatic carbocycles. The first-order chi connectivity index (χ1) is 10.5. The SMILES string of the molecule is COC(=O)C[C@@H](CNC(=O)c1ccc(OC)cc1)CC(C)C. The molecule has 0 spiro atoms. The lowest BCUT2D eigenvalue weighted by Gasteiger charge is -2.18. The second-order valence-electron chi connectivity index (χ2n) is 5.71. The second-order valence-corrected chi connectivity index (χ2v) is 5.71. The van der Waals surface area contributed by atoms with E-state index in [1.165, 1.54) is 7.11 Å². The van der Waals surface area contributed by atoms with E-state index in [1.54, 1.807) is 31.4 Å². The van der Waals surface area contributed by atoms with Gasteiger partial charge in [-0.3, -0.25) is 9.59 Å². The number of nitrogens with one attached hydrogen (secondary N) is 1. The van der Waals surface area contributed by atoms with Crippen LogP contribution in [0.3, 0.4) is 0 Å². The maximum Gasteiger partial charge on any atom is 0.305 e. The lowest BCUT2D eigenvalue weighted by atomic mass is 9.94. The maximum atomic E-state index is 12.1. The van der Waals surface area contributed by atoms with Crippen molar-refractivity contribution in [1.29, 1.82) is 0 Å². The summed E-state index contributed by atoms with van der Waals surface area (Å²) >= 11 is 0. The first-order valence-corrected chi connectivity index (χ1v) is 7.45. The normalized spacial score (nSPS) is 11.9. The van der Waals surface area contributed by atoms with Crippen LogP contribution in [-0.2, 0) is 9.53 Å². The lowest BCUT2D eigenvalue weighted by Crippen LogP contribution is -2.31. The third-order valence-corrected chi connectivity index (χ3v) is 3.39. The van der Waals surface area contributed by atoms with E-state index in [0.717, 1.165) is 6.42 Å². The van der Waals surface area contributed by atoms with Crippen LogP contribution in [0.2, 0.25) is 0 Å². The third-order valence-electron chi connectivity index (χ3n) is 3.39. The number of benzene rings is 1. The molecule has 1 N–H and O–H groups in total. The van der Waals surface area contributed by atoms with Crippen LogP contribution in [0, 0.1) is 11.8 Å². The van der Waals surface area contributed by atoms with Crippen LogP contribution in [0.5, 0.6) is 5.75 Å². The van der Waals surface area contributed by atoms with Gasteiger partial charge in [0.15, 0.2) is 0 Å². The Morgan fingerprint density at radius 3 is 2.27 bits per heavy atom. The summed E-state index contributed by atoms with van der Waals surface area (Å²) in [5, 5.41) is 2.88. The fourth-order valence-electron chi connectivity index (χ4n) is 2.31. The molecular weight excluding hydrogens is 282 g/mol. The maximum absolute atomic E-state index is 12.1. The molecule has 0 aromatic heterocycles. The molecule has 0 radical (unpaired) electrons. The molecule has 0 aliphatic heterocycles. The van der Waals surface area contributed by atoms with Gasteiger partial charge in [-0.05, 0) is 42.5 Å². The van der Waals surface area contributed by atoms with Crippen LogP contribution in [0.1, 0.15) is 37.0 Å². The van der Waals surface area contributed by atoms with Gasteiger partial charge in [-0.2, -0.15) is 0 Å². The molecule has 0 bridgehead atoms. The highest BCUT2D eigenvalue weighted by Crippen LogP contribution is 2.16. The minimum atomic E-state index is -0.246. The van der Waals surface area contributed by atoms with Crippen molar-refractivity contribution in [3.05, 3.63) is 29.8 Å². The van der Waals surface area contributed by atoms with Crippen LogP contribution in [0.25, 0.3) is 0 Å². The molecular formula is C17H25NO4. The Morgan fingerprint density at radius 1 is 1.14 bits per heavy atom. The van der Waals surface area contributed by atoms with Crippen molar-refractivity contribution in [3.8, 4) is 5.75 Å². The fourth-order valence-corrected chi connectivity index (χ4v) is 2.31. The molecule has 1 aromatic carbocycles. The Morgan fingerprint density at radius 2 is 1.77 bits per heavy atom. The van der Waals surface area contributed by atoms with E-state index < -0.39 is 0 Å². The predicted molar refractivity (Wildman–Crippen MR) is 84.9 cm³/mol. The monoisotopic (exact) mass is 307 g/mol. The van der Waals surface area contributed by atoms with Gasteiger partial charge < -0.3 is 14.8 Å². The summed E-state index contributed by atoms with van der Waals surface area (Å²) in [5.41, 5.74) is 0.571. The molecule has 22 heavy (non-hydrogen) atoms. The number of methoxy groups -OCH3 is 2. The van der Waals surface area contributed by atoms with E-state index >= 15 is 0 Å². The van der Waals surface area contributed by atoms with Gasteiger partial charge in [0.2, 0.25) is 0 Å². The number of carbonyl (C=O) groups is 2. The highest BCUT2D eigenvalue weighted by molar-refractivity contribution is 5.94. The van der Waals surface area contributed by atoms with Gasteiger partial charge in [-0.15, -0.1) is 0 Å². The quantitative estimate of drug-likeness (QED) is 0.750. The van der Waals surface area contributed by atoms with E-state index in [9.17, 15) is 9.59 Å². The van der Waals surface area contributed by atoms with Gasteiger partial charge in [0.05, 0.1) is 14.2 Å². The van der Waals surface area contributed by atoms with Crippen molar-refractivity contribution in [3.63, 3.8) is 0 Å². The van der Waals surface area contributed by atoms with Crippen molar-refractivity contribution in [2.24, 2.45) is 11.8 Å². The Bertz CT molecular complexity index is 482.